The Morgan fingerprint density at radius 3 is 2.30 bits per heavy atom. The van der Waals surface area contributed by atoms with E-state index in [0.717, 1.165) is 5.01 Å². The van der Waals surface area contributed by atoms with Gasteiger partial charge < -0.3 is 19.5 Å². The smallest absolute Gasteiger partial charge is 0.311 e. The zero-order valence-corrected chi connectivity index (χ0v) is 18.7. The second-order valence-corrected chi connectivity index (χ2v) is 7.55. The lowest BCUT2D eigenvalue weighted by Gasteiger charge is -2.18. The number of carbonyl (C=O) groups is 4. The van der Waals surface area contributed by atoms with Crippen molar-refractivity contribution in [3.63, 3.8) is 0 Å². The van der Waals surface area contributed by atoms with Crippen LogP contribution in [-0.2, 0) is 19.1 Å². The Morgan fingerprint density at radius 2 is 1.70 bits per heavy atom. The van der Waals surface area contributed by atoms with Crippen molar-refractivity contribution >= 4 is 41.0 Å². The summed E-state index contributed by atoms with van der Waals surface area (Å²) in [5.41, 5.74) is 3.18. The highest BCUT2D eigenvalue weighted by molar-refractivity contribution is 6.30. The van der Waals surface area contributed by atoms with Gasteiger partial charge in [-0.3, -0.25) is 29.6 Å². The Kier molecular flexibility index (Phi) is 7.73. The van der Waals surface area contributed by atoms with E-state index in [2.05, 4.69) is 10.7 Å². The number of methoxy groups -OCH3 is 2. The van der Waals surface area contributed by atoms with Crippen LogP contribution in [0.4, 0.5) is 5.69 Å². The average Bonchev–Trinajstić information content (AvgIpc) is 3.18. The summed E-state index contributed by atoms with van der Waals surface area (Å²) >= 11 is 5.79. The molecule has 1 heterocycles. The van der Waals surface area contributed by atoms with Crippen molar-refractivity contribution in [1.82, 2.24) is 10.4 Å². The lowest BCUT2D eigenvalue weighted by atomic mass is 10.1. The minimum Gasteiger partial charge on any atom is -0.497 e. The van der Waals surface area contributed by atoms with Crippen LogP contribution in [-0.4, -0.2) is 56.1 Å². The molecule has 1 aliphatic rings. The van der Waals surface area contributed by atoms with Gasteiger partial charge in [0.15, 0.2) is 6.61 Å². The first-order valence-corrected chi connectivity index (χ1v) is 10.2. The predicted molar refractivity (Wildman–Crippen MR) is 118 cm³/mol. The van der Waals surface area contributed by atoms with Crippen LogP contribution in [0.3, 0.4) is 0 Å². The number of hydrogen-bond acceptors (Lipinski definition) is 7. The molecule has 2 aromatic carbocycles. The van der Waals surface area contributed by atoms with Gasteiger partial charge in [0.05, 0.1) is 26.7 Å². The van der Waals surface area contributed by atoms with Crippen LogP contribution in [0.25, 0.3) is 0 Å². The second kappa shape index (κ2) is 10.7. The Labute approximate surface area is 194 Å². The molecule has 0 bridgehead atoms. The highest BCUT2D eigenvalue weighted by Crippen LogP contribution is 2.23. The lowest BCUT2D eigenvalue weighted by molar-refractivity contribution is -0.151. The third-order valence-corrected chi connectivity index (χ3v) is 5.03. The van der Waals surface area contributed by atoms with E-state index in [1.54, 1.807) is 30.3 Å². The Hall–Kier alpha value is -3.79. The number of rotatable bonds is 8. The van der Waals surface area contributed by atoms with Crippen LogP contribution in [0.5, 0.6) is 11.5 Å². The van der Waals surface area contributed by atoms with Gasteiger partial charge in [-0.05, 0) is 36.4 Å². The molecule has 0 aliphatic carbocycles. The second-order valence-electron chi connectivity index (χ2n) is 7.11. The molecule has 3 rings (SSSR count). The molecule has 0 spiro atoms. The number of hydrogen-bond donors (Lipinski definition) is 2. The van der Waals surface area contributed by atoms with Crippen molar-refractivity contribution < 1.29 is 33.4 Å². The zero-order valence-electron chi connectivity index (χ0n) is 17.9. The number of anilines is 1. The van der Waals surface area contributed by atoms with Gasteiger partial charge in [-0.1, -0.05) is 11.6 Å². The summed E-state index contributed by atoms with van der Waals surface area (Å²) in [5.74, 6) is -2.28. The third kappa shape index (κ3) is 6.36. The standard InChI is InChI=1S/C22H22ClN3O7/c1-31-17-7-13(8-18(10-17)32-2)21(29)25-26-11-14(9-20(26)28)22(30)33-12-19(27)24-16-5-3-15(23)4-6-16/h3-8,10,14H,9,11-12H2,1-2H3,(H,24,27)(H,25,29)/t14-/m1/s1. The van der Waals surface area contributed by atoms with E-state index in [4.69, 9.17) is 25.8 Å². The van der Waals surface area contributed by atoms with Gasteiger partial charge in [0, 0.05) is 28.8 Å². The molecule has 11 heteroatoms. The van der Waals surface area contributed by atoms with Crippen LogP contribution < -0.4 is 20.2 Å². The molecule has 174 valence electrons. The van der Waals surface area contributed by atoms with E-state index >= 15 is 0 Å². The molecule has 0 unspecified atom stereocenters. The number of benzene rings is 2. The fourth-order valence-electron chi connectivity index (χ4n) is 3.08. The van der Waals surface area contributed by atoms with Gasteiger partial charge in [-0.15, -0.1) is 0 Å². The fourth-order valence-corrected chi connectivity index (χ4v) is 3.21. The number of ether oxygens (including phenoxy) is 3. The molecule has 0 saturated carbocycles. The first-order valence-electron chi connectivity index (χ1n) is 9.85. The topological polar surface area (TPSA) is 123 Å². The fraction of sp³-hybridized carbons (Fsp3) is 0.273. The number of hydrazine groups is 1. The van der Waals surface area contributed by atoms with Crippen molar-refractivity contribution in [3.05, 3.63) is 53.1 Å². The van der Waals surface area contributed by atoms with Crippen LogP contribution in [0, 0.1) is 5.92 Å². The normalized spacial score (nSPS) is 15.1. The van der Waals surface area contributed by atoms with Crippen LogP contribution in [0.15, 0.2) is 42.5 Å². The molecule has 1 atom stereocenters. The molecule has 0 radical (unpaired) electrons. The van der Waals surface area contributed by atoms with E-state index < -0.39 is 36.2 Å². The van der Waals surface area contributed by atoms with Crippen LogP contribution >= 0.6 is 11.6 Å². The Bertz CT molecular complexity index is 1040. The first kappa shape index (κ1) is 23.9. The van der Waals surface area contributed by atoms with Gasteiger partial charge in [0.1, 0.15) is 11.5 Å². The maximum absolute atomic E-state index is 12.6. The molecule has 33 heavy (non-hydrogen) atoms. The summed E-state index contributed by atoms with van der Waals surface area (Å²) in [6.07, 6.45) is -0.153. The molecular weight excluding hydrogens is 454 g/mol. The predicted octanol–water partition coefficient (Wildman–Crippen LogP) is 2.03. The summed E-state index contributed by atoms with van der Waals surface area (Å²) in [7, 11) is 2.90. The van der Waals surface area contributed by atoms with Crippen molar-refractivity contribution in [2.24, 2.45) is 5.92 Å². The van der Waals surface area contributed by atoms with Gasteiger partial charge >= 0.3 is 5.97 Å². The molecule has 1 aliphatic heterocycles. The van der Waals surface area contributed by atoms with E-state index in [-0.39, 0.29) is 18.5 Å². The van der Waals surface area contributed by atoms with Crippen molar-refractivity contribution in [3.8, 4) is 11.5 Å². The Balaban J connectivity index is 1.52. The summed E-state index contributed by atoms with van der Waals surface area (Å²) in [6, 6.07) is 11.0. The summed E-state index contributed by atoms with van der Waals surface area (Å²) < 4.78 is 15.3. The van der Waals surface area contributed by atoms with Gasteiger partial charge in [0.2, 0.25) is 5.91 Å². The van der Waals surface area contributed by atoms with E-state index in [1.165, 1.54) is 26.4 Å². The molecule has 2 aromatic rings. The van der Waals surface area contributed by atoms with Crippen LogP contribution in [0.1, 0.15) is 16.8 Å². The van der Waals surface area contributed by atoms with Gasteiger partial charge in [-0.25, -0.2) is 0 Å². The van der Waals surface area contributed by atoms with Crippen LogP contribution in [0.2, 0.25) is 5.02 Å². The molecular formula is C22H22ClN3O7. The quantitative estimate of drug-likeness (QED) is 0.560. The first-order chi connectivity index (χ1) is 15.8. The molecule has 1 fully saturated rings. The molecule has 1 saturated heterocycles. The van der Waals surface area contributed by atoms with Crippen molar-refractivity contribution in [2.45, 2.75) is 6.42 Å². The largest absolute Gasteiger partial charge is 0.497 e. The minimum absolute atomic E-state index is 0.0800. The van der Waals surface area contributed by atoms with Crippen molar-refractivity contribution in [2.75, 3.05) is 32.7 Å². The molecule has 2 N–H and O–H groups in total. The summed E-state index contributed by atoms with van der Waals surface area (Å²) in [4.78, 5) is 49.1. The maximum Gasteiger partial charge on any atom is 0.311 e. The number of halogens is 1. The maximum atomic E-state index is 12.6. The molecule has 3 amide bonds. The minimum atomic E-state index is -0.819. The van der Waals surface area contributed by atoms with E-state index in [0.29, 0.717) is 22.2 Å². The highest BCUT2D eigenvalue weighted by Gasteiger charge is 2.36. The number of carbonyl (C=O) groups excluding carboxylic acids is 4. The monoisotopic (exact) mass is 475 g/mol. The number of esters is 1. The highest BCUT2D eigenvalue weighted by atomic mass is 35.5. The third-order valence-electron chi connectivity index (χ3n) is 4.78. The Morgan fingerprint density at radius 1 is 1.06 bits per heavy atom. The lowest BCUT2D eigenvalue weighted by Crippen LogP contribution is -2.43. The summed E-state index contributed by atoms with van der Waals surface area (Å²) in [6.45, 7) is -0.592. The molecule has 0 aromatic heterocycles. The number of amides is 3. The number of nitrogens with one attached hydrogen (secondary N) is 2. The molecule has 10 nitrogen and oxygen atoms in total. The zero-order chi connectivity index (χ0) is 24.0. The van der Waals surface area contributed by atoms with Crippen molar-refractivity contribution in [1.29, 1.82) is 0 Å². The van der Waals surface area contributed by atoms with Gasteiger partial charge in [0.25, 0.3) is 11.8 Å². The average molecular weight is 476 g/mol. The number of nitrogens with zero attached hydrogens (tertiary/aromatic N) is 1. The summed E-state index contributed by atoms with van der Waals surface area (Å²) in [5, 5.41) is 4.14. The van der Waals surface area contributed by atoms with Gasteiger partial charge in [-0.2, -0.15) is 0 Å². The van der Waals surface area contributed by atoms with E-state index in [9.17, 15) is 19.2 Å². The van der Waals surface area contributed by atoms with E-state index in [1.807, 2.05) is 0 Å². The SMILES string of the molecule is COc1cc(OC)cc(C(=O)NN2C[C@H](C(=O)OCC(=O)Nc3ccc(Cl)cc3)CC2=O)c1.